The van der Waals surface area contributed by atoms with Crippen molar-refractivity contribution in [2.45, 2.75) is 20.4 Å². The van der Waals surface area contributed by atoms with Gasteiger partial charge in [-0.25, -0.2) is 4.39 Å². The van der Waals surface area contributed by atoms with Crippen molar-refractivity contribution >= 4 is 23.4 Å². The summed E-state index contributed by atoms with van der Waals surface area (Å²) < 4.78 is 19.8. The van der Waals surface area contributed by atoms with Crippen molar-refractivity contribution in [2.24, 2.45) is 0 Å². The highest BCUT2D eigenvalue weighted by atomic mass is 19.1. The number of nitrogens with zero attached hydrogens (tertiary/aromatic N) is 1. The van der Waals surface area contributed by atoms with E-state index in [1.807, 2.05) is 0 Å². The Kier molecular flexibility index (Phi) is 5.73. The molecule has 0 bridgehead atoms. The van der Waals surface area contributed by atoms with Crippen LogP contribution >= 0.6 is 0 Å². The van der Waals surface area contributed by atoms with E-state index in [2.05, 4.69) is 5.32 Å². The Labute approximate surface area is 184 Å². The van der Waals surface area contributed by atoms with Gasteiger partial charge in [-0.2, -0.15) is 0 Å². The van der Waals surface area contributed by atoms with E-state index >= 15 is 0 Å². The maximum absolute atomic E-state index is 14.2. The van der Waals surface area contributed by atoms with E-state index in [0.29, 0.717) is 29.0 Å². The minimum absolute atomic E-state index is 0.00206. The second kappa shape index (κ2) is 8.63. The average molecular weight is 432 g/mol. The summed E-state index contributed by atoms with van der Waals surface area (Å²) in [5, 5.41) is 2.56. The predicted molar refractivity (Wildman–Crippen MR) is 117 cm³/mol. The first kappa shape index (κ1) is 21.2. The topological polar surface area (TPSA) is 75.7 Å². The predicted octanol–water partition coefficient (Wildman–Crippen LogP) is 4.58. The molecule has 3 aromatic carbocycles. The van der Waals surface area contributed by atoms with Crippen LogP contribution < -0.4 is 10.1 Å². The first-order valence-corrected chi connectivity index (χ1v) is 10.2. The number of benzene rings is 3. The molecule has 32 heavy (non-hydrogen) atoms. The lowest BCUT2D eigenvalue weighted by Crippen LogP contribution is -2.29. The zero-order valence-electron chi connectivity index (χ0n) is 17.6. The van der Waals surface area contributed by atoms with Crippen LogP contribution in [0.1, 0.15) is 49.1 Å². The molecule has 7 heteroatoms. The molecular formula is C25H21FN2O4. The van der Waals surface area contributed by atoms with Crippen LogP contribution in [0.2, 0.25) is 0 Å². The van der Waals surface area contributed by atoms with Crippen molar-refractivity contribution in [2.75, 3.05) is 11.9 Å². The average Bonchev–Trinajstić information content (AvgIpc) is 3.02. The second-order valence-corrected chi connectivity index (χ2v) is 7.44. The highest BCUT2D eigenvalue weighted by Crippen LogP contribution is 2.27. The lowest BCUT2D eigenvalue weighted by Gasteiger charge is -2.16. The summed E-state index contributed by atoms with van der Waals surface area (Å²) in [4.78, 5) is 39.4. The highest BCUT2D eigenvalue weighted by molar-refractivity contribution is 6.21. The van der Waals surface area contributed by atoms with Crippen molar-refractivity contribution in [3.63, 3.8) is 0 Å². The van der Waals surface area contributed by atoms with E-state index in [9.17, 15) is 18.8 Å². The molecule has 6 nitrogen and oxygen atoms in total. The van der Waals surface area contributed by atoms with Crippen LogP contribution in [0.5, 0.6) is 5.75 Å². The smallest absolute Gasteiger partial charge is 0.261 e. The van der Waals surface area contributed by atoms with Crippen LogP contribution in [0, 0.1) is 12.7 Å². The summed E-state index contributed by atoms with van der Waals surface area (Å²) in [6.07, 6.45) is 0. The number of hydrogen-bond acceptors (Lipinski definition) is 4. The number of fused-ring (bicyclic) bond motifs is 1. The number of hydrogen-bond donors (Lipinski definition) is 1. The minimum Gasteiger partial charge on any atom is -0.493 e. The molecule has 0 radical (unpaired) electrons. The summed E-state index contributed by atoms with van der Waals surface area (Å²) in [5.41, 5.74) is 2.25. The number of halogens is 1. The number of carbonyl (C=O) groups excluding carboxylic acids is 3. The number of amides is 3. The number of imide groups is 1. The fourth-order valence-corrected chi connectivity index (χ4v) is 3.61. The maximum atomic E-state index is 14.2. The Bertz CT molecular complexity index is 1200. The molecule has 3 amide bonds. The van der Waals surface area contributed by atoms with E-state index in [4.69, 9.17) is 4.74 Å². The molecule has 162 valence electrons. The molecule has 0 atom stereocenters. The van der Waals surface area contributed by atoms with Crippen LogP contribution in [0.15, 0.2) is 60.7 Å². The van der Waals surface area contributed by atoms with Gasteiger partial charge in [-0.15, -0.1) is 0 Å². The summed E-state index contributed by atoms with van der Waals surface area (Å²) in [7, 11) is 0. The maximum Gasteiger partial charge on any atom is 0.261 e. The summed E-state index contributed by atoms with van der Waals surface area (Å²) in [6.45, 7) is 3.87. The standard InChI is InChI=1S/C25H21FN2O4/c1-3-32-22-11-9-16(14-28-24(30)17-6-4-5-7-18(17)25(28)31)13-19(22)23(29)27-21-10-8-15(2)12-20(21)26/h4-13H,3,14H2,1-2H3,(H,27,29). The Balaban J connectivity index is 1.61. The van der Waals surface area contributed by atoms with Gasteiger partial charge in [0.15, 0.2) is 0 Å². The monoisotopic (exact) mass is 432 g/mol. The third kappa shape index (κ3) is 3.97. The largest absolute Gasteiger partial charge is 0.493 e. The number of aryl methyl sites for hydroxylation is 1. The quantitative estimate of drug-likeness (QED) is 0.579. The highest BCUT2D eigenvalue weighted by Gasteiger charge is 2.35. The molecule has 0 saturated carbocycles. The molecule has 0 fully saturated rings. The number of ether oxygens (including phenoxy) is 1. The van der Waals surface area contributed by atoms with Crippen LogP contribution in [0.4, 0.5) is 10.1 Å². The van der Waals surface area contributed by atoms with E-state index in [0.717, 1.165) is 10.5 Å². The Morgan fingerprint density at radius 2 is 1.69 bits per heavy atom. The van der Waals surface area contributed by atoms with E-state index in [-0.39, 0.29) is 29.6 Å². The zero-order valence-corrected chi connectivity index (χ0v) is 17.6. The normalized spacial score (nSPS) is 12.7. The van der Waals surface area contributed by atoms with Gasteiger partial charge < -0.3 is 10.1 Å². The molecule has 4 rings (SSSR count). The molecule has 3 aromatic rings. The van der Waals surface area contributed by atoms with Crippen molar-refractivity contribution in [1.29, 1.82) is 0 Å². The van der Waals surface area contributed by atoms with Gasteiger partial charge in [0.2, 0.25) is 0 Å². The van der Waals surface area contributed by atoms with Crippen LogP contribution in [-0.2, 0) is 6.54 Å². The fourth-order valence-electron chi connectivity index (χ4n) is 3.61. The SMILES string of the molecule is CCOc1ccc(CN2C(=O)c3ccccc3C2=O)cc1C(=O)Nc1ccc(C)cc1F. The molecular weight excluding hydrogens is 411 g/mol. The van der Waals surface area contributed by atoms with Gasteiger partial charge in [-0.05, 0) is 61.4 Å². The van der Waals surface area contributed by atoms with Crippen molar-refractivity contribution in [3.8, 4) is 5.75 Å². The van der Waals surface area contributed by atoms with Gasteiger partial charge in [0.1, 0.15) is 11.6 Å². The summed E-state index contributed by atoms with van der Waals surface area (Å²) in [6, 6.07) is 16.0. The molecule has 0 unspecified atom stereocenters. The molecule has 1 aliphatic rings. The van der Waals surface area contributed by atoms with Gasteiger partial charge in [0.25, 0.3) is 17.7 Å². The Morgan fingerprint density at radius 3 is 2.31 bits per heavy atom. The first-order valence-electron chi connectivity index (χ1n) is 10.2. The van der Waals surface area contributed by atoms with Gasteiger partial charge in [-0.3, -0.25) is 19.3 Å². The lowest BCUT2D eigenvalue weighted by atomic mass is 10.1. The number of carbonyl (C=O) groups is 3. The molecule has 0 aromatic heterocycles. The number of rotatable bonds is 6. The number of anilines is 1. The molecule has 0 aliphatic carbocycles. The second-order valence-electron chi connectivity index (χ2n) is 7.44. The molecule has 1 heterocycles. The van der Waals surface area contributed by atoms with E-state index in [1.54, 1.807) is 62.4 Å². The molecule has 1 N–H and O–H groups in total. The van der Waals surface area contributed by atoms with Gasteiger partial charge in [-0.1, -0.05) is 24.3 Å². The minimum atomic E-state index is -0.555. The van der Waals surface area contributed by atoms with Crippen molar-refractivity contribution in [1.82, 2.24) is 4.90 Å². The van der Waals surface area contributed by atoms with Gasteiger partial charge in [0.05, 0.1) is 35.5 Å². The molecule has 0 saturated heterocycles. The Hall–Kier alpha value is -4.00. The van der Waals surface area contributed by atoms with Crippen molar-refractivity contribution < 1.29 is 23.5 Å². The van der Waals surface area contributed by atoms with Crippen LogP contribution in [0.3, 0.4) is 0 Å². The summed E-state index contributed by atoms with van der Waals surface area (Å²) in [5.74, 6) is -1.54. The van der Waals surface area contributed by atoms with Crippen LogP contribution in [-0.4, -0.2) is 29.2 Å². The van der Waals surface area contributed by atoms with Gasteiger partial charge >= 0.3 is 0 Å². The summed E-state index contributed by atoms with van der Waals surface area (Å²) >= 11 is 0. The third-order valence-corrected chi connectivity index (χ3v) is 5.18. The lowest BCUT2D eigenvalue weighted by molar-refractivity contribution is 0.0642. The molecule has 1 aliphatic heterocycles. The van der Waals surface area contributed by atoms with Crippen LogP contribution in [0.25, 0.3) is 0 Å². The van der Waals surface area contributed by atoms with Crippen molar-refractivity contribution in [3.05, 3.63) is 94.3 Å². The molecule has 0 spiro atoms. The zero-order chi connectivity index (χ0) is 22.8. The third-order valence-electron chi connectivity index (χ3n) is 5.18. The van der Waals surface area contributed by atoms with E-state index < -0.39 is 11.7 Å². The Morgan fingerprint density at radius 1 is 1.00 bits per heavy atom. The number of nitrogens with one attached hydrogen (secondary N) is 1. The van der Waals surface area contributed by atoms with E-state index in [1.165, 1.54) is 12.1 Å². The van der Waals surface area contributed by atoms with Gasteiger partial charge in [0, 0.05) is 0 Å². The first-order chi connectivity index (χ1) is 15.4. The fraction of sp³-hybridized carbons (Fsp3) is 0.160.